The van der Waals surface area contributed by atoms with E-state index < -0.39 is 17.6 Å². The Morgan fingerprint density at radius 1 is 1.21 bits per heavy atom. The summed E-state index contributed by atoms with van der Waals surface area (Å²) < 4.78 is 36.1. The number of hydrogen-bond donors (Lipinski definition) is 2. The number of rotatable bonds is 10. The highest BCUT2D eigenvalue weighted by Crippen LogP contribution is 2.34. The lowest BCUT2D eigenvalue weighted by Gasteiger charge is -2.21. The van der Waals surface area contributed by atoms with E-state index >= 15 is 0 Å². The Labute approximate surface area is 202 Å². The molecule has 8 nitrogen and oxygen atoms in total. The van der Waals surface area contributed by atoms with Crippen LogP contribution in [-0.2, 0) is 22.6 Å². The number of amides is 1. The first kappa shape index (κ1) is 26.6. The van der Waals surface area contributed by atoms with Gasteiger partial charge in [0.25, 0.3) is 0 Å². The van der Waals surface area contributed by atoms with E-state index in [0.29, 0.717) is 29.0 Å². The molecule has 0 saturated heterocycles. The van der Waals surface area contributed by atoms with E-state index in [2.05, 4.69) is 9.44 Å². The zero-order chi connectivity index (χ0) is 24.6. The quantitative estimate of drug-likeness (QED) is 0.201. The summed E-state index contributed by atoms with van der Waals surface area (Å²) in [5, 5.41) is 0.129. The normalized spacial score (nSPS) is 11.0. The lowest BCUT2D eigenvalue weighted by Crippen LogP contribution is -2.26. The van der Waals surface area contributed by atoms with E-state index in [-0.39, 0.29) is 23.9 Å². The van der Waals surface area contributed by atoms with Crippen LogP contribution in [0.3, 0.4) is 0 Å². The van der Waals surface area contributed by atoms with E-state index in [4.69, 9.17) is 25.8 Å². The van der Waals surface area contributed by atoms with Crippen molar-refractivity contribution >= 4 is 42.0 Å². The smallest absolute Gasteiger partial charge is 0.496 e. The van der Waals surface area contributed by atoms with E-state index in [1.54, 1.807) is 46.0 Å². The van der Waals surface area contributed by atoms with Gasteiger partial charge >= 0.3 is 6.16 Å². The molecule has 0 bridgehead atoms. The van der Waals surface area contributed by atoms with Gasteiger partial charge in [-0.15, -0.1) is 0 Å². The molecule has 0 saturated carbocycles. The molecule has 2 N–H and O–H groups in total. The molecule has 0 unspecified atom stereocenters. The Kier molecular flexibility index (Phi) is 9.63. The summed E-state index contributed by atoms with van der Waals surface area (Å²) in [7, 11) is 3.14. The first-order valence-corrected chi connectivity index (χ1v) is 11.1. The molecule has 2 aromatic rings. The van der Waals surface area contributed by atoms with Crippen LogP contribution in [0.2, 0.25) is 5.02 Å². The van der Waals surface area contributed by atoms with Gasteiger partial charge in [0.2, 0.25) is 6.41 Å². The van der Waals surface area contributed by atoms with Crippen molar-refractivity contribution in [1.82, 2.24) is 9.62 Å². The summed E-state index contributed by atoms with van der Waals surface area (Å²) in [6.07, 6.45) is -0.297. The summed E-state index contributed by atoms with van der Waals surface area (Å²) in [5.74, 6) is -0.0691. The van der Waals surface area contributed by atoms with Gasteiger partial charge in [-0.3, -0.25) is 4.79 Å². The van der Waals surface area contributed by atoms with Crippen LogP contribution in [0, 0.1) is 5.82 Å². The molecule has 0 fully saturated rings. The number of hydrogen-bond acceptors (Lipinski definition) is 8. The lowest BCUT2D eigenvalue weighted by molar-refractivity contribution is -0.119. The summed E-state index contributed by atoms with van der Waals surface area (Å²) >= 11 is 7.41. The molecule has 0 atom stereocenters. The minimum absolute atomic E-state index is 0.0198. The molecule has 33 heavy (non-hydrogen) atoms. The number of halogens is 2. The third-order valence-corrected chi connectivity index (χ3v) is 4.98. The molecule has 1 amide bonds. The fourth-order valence-electron chi connectivity index (χ4n) is 2.78. The molecule has 2 aromatic carbocycles. The molecule has 11 heteroatoms. The van der Waals surface area contributed by atoms with Crippen molar-refractivity contribution < 1.29 is 28.2 Å². The summed E-state index contributed by atoms with van der Waals surface area (Å²) in [5.41, 5.74) is 0.443. The Bertz CT molecular complexity index is 987. The minimum atomic E-state index is -0.908. The van der Waals surface area contributed by atoms with E-state index in [1.807, 2.05) is 0 Å². The highest BCUT2D eigenvalue weighted by molar-refractivity contribution is 7.98. The number of benzene rings is 2. The second-order valence-corrected chi connectivity index (χ2v) is 9.08. The predicted molar refractivity (Wildman–Crippen MR) is 127 cm³/mol. The first-order valence-electron chi connectivity index (χ1n) is 9.90. The van der Waals surface area contributed by atoms with Crippen molar-refractivity contribution in [3.8, 4) is 11.5 Å². The van der Waals surface area contributed by atoms with Gasteiger partial charge in [0.05, 0.1) is 17.8 Å². The van der Waals surface area contributed by atoms with Crippen LogP contribution in [0.5, 0.6) is 11.5 Å². The lowest BCUT2D eigenvalue weighted by atomic mass is 10.1. The Morgan fingerprint density at radius 2 is 1.91 bits per heavy atom. The third-order valence-electron chi connectivity index (χ3n) is 4.16. The minimum Gasteiger partial charge on any atom is -0.496 e. The highest BCUT2D eigenvalue weighted by Gasteiger charge is 2.21. The molecule has 0 aliphatic heterocycles. The van der Waals surface area contributed by atoms with Crippen LogP contribution in [0.25, 0.3) is 0 Å². The zero-order valence-corrected chi connectivity index (χ0v) is 20.6. The van der Waals surface area contributed by atoms with Gasteiger partial charge in [0, 0.05) is 42.4 Å². The molecule has 0 aromatic heterocycles. The monoisotopic (exact) mass is 499 g/mol. The Hall–Kier alpha value is -2.69. The van der Waals surface area contributed by atoms with Gasteiger partial charge in [0.15, 0.2) is 11.6 Å². The van der Waals surface area contributed by atoms with Crippen LogP contribution < -0.4 is 18.9 Å². The van der Waals surface area contributed by atoms with Gasteiger partial charge in [-0.25, -0.2) is 13.9 Å². The van der Waals surface area contributed by atoms with Gasteiger partial charge in [0.1, 0.15) is 11.4 Å². The molecule has 2 rings (SSSR count). The van der Waals surface area contributed by atoms with Crippen LogP contribution in [-0.4, -0.2) is 37.2 Å². The van der Waals surface area contributed by atoms with E-state index in [9.17, 15) is 14.0 Å². The largest absolute Gasteiger partial charge is 0.514 e. The van der Waals surface area contributed by atoms with E-state index in [1.165, 1.54) is 24.1 Å². The number of carbonyl (C=O) groups excluding carboxylic acids is 2. The second-order valence-electron chi connectivity index (χ2n) is 7.86. The molecule has 0 heterocycles. The predicted octanol–water partition coefficient (Wildman–Crippen LogP) is 5.15. The number of anilines is 1. The SMILES string of the molecule is CNSNc1cccc(CN(C=O)Cc2cc(Cl)c(OC(=O)OC(C)(C)C)cc2OC)c1F. The maximum absolute atomic E-state index is 14.8. The third kappa shape index (κ3) is 7.99. The van der Waals surface area contributed by atoms with Gasteiger partial charge in [-0.1, -0.05) is 23.7 Å². The Morgan fingerprint density at radius 3 is 2.52 bits per heavy atom. The highest BCUT2D eigenvalue weighted by atomic mass is 35.5. The van der Waals surface area contributed by atoms with Crippen molar-refractivity contribution in [2.45, 2.75) is 39.5 Å². The second kappa shape index (κ2) is 12.0. The molecule has 0 radical (unpaired) electrons. The Balaban J connectivity index is 2.20. The topological polar surface area (TPSA) is 89.1 Å². The molecule has 0 aliphatic rings. The van der Waals surface area contributed by atoms with Gasteiger partial charge in [-0.05, 0) is 40.0 Å². The maximum Gasteiger partial charge on any atom is 0.514 e. The number of nitrogens with one attached hydrogen (secondary N) is 2. The fraction of sp³-hybridized carbons (Fsp3) is 0.364. The maximum atomic E-state index is 14.8. The average Bonchev–Trinajstić information content (AvgIpc) is 2.74. The molecule has 180 valence electrons. The molecule has 0 aliphatic carbocycles. The van der Waals surface area contributed by atoms with Crippen LogP contribution in [0.15, 0.2) is 30.3 Å². The summed E-state index contributed by atoms with van der Waals surface area (Å²) in [6, 6.07) is 7.85. The van der Waals surface area contributed by atoms with E-state index in [0.717, 1.165) is 12.1 Å². The molecular formula is C22H27ClFN3O5S. The average molecular weight is 500 g/mol. The van der Waals surface area contributed by atoms with Crippen LogP contribution in [0.1, 0.15) is 31.9 Å². The van der Waals surface area contributed by atoms with Crippen LogP contribution in [0.4, 0.5) is 14.9 Å². The number of methoxy groups -OCH3 is 1. The number of carbonyl (C=O) groups is 2. The first-order chi connectivity index (χ1) is 15.6. The number of ether oxygens (including phenoxy) is 3. The van der Waals surface area contributed by atoms with Gasteiger partial charge < -0.3 is 23.8 Å². The molecular weight excluding hydrogens is 473 g/mol. The van der Waals surface area contributed by atoms with Crippen molar-refractivity contribution in [1.29, 1.82) is 0 Å². The van der Waals surface area contributed by atoms with Crippen molar-refractivity contribution in [3.05, 3.63) is 52.3 Å². The summed E-state index contributed by atoms with van der Waals surface area (Å²) in [6.45, 7) is 5.23. The summed E-state index contributed by atoms with van der Waals surface area (Å²) in [4.78, 5) is 25.1. The standard InChI is InChI=1S/C22H27ClFN3O5S/c1-22(2,3)32-21(29)31-19-10-18(30-5)15(9-16(19)23)12-27(13-28)11-14-7-6-8-17(20(14)24)26-33-25-4/h6-10,13,25-26H,11-12H2,1-5H3. The zero-order valence-electron chi connectivity index (χ0n) is 19.0. The fourth-order valence-corrected chi connectivity index (χ4v) is 3.38. The molecule has 0 spiro atoms. The van der Waals surface area contributed by atoms with Crippen molar-refractivity contribution in [2.24, 2.45) is 0 Å². The number of nitrogens with zero attached hydrogens (tertiary/aromatic N) is 1. The van der Waals surface area contributed by atoms with Crippen molar-refractivity contribution in [3.63, 3.8) is 0 Å². The van der Waals surface area contributed by atoms with Gasteiger partial charge in [-0.2, -0.15) is 0 Å². The van der Waals surface area contributed by atoms with Crippen LogP contribution >= 0.6 is 23.7 Å². The van der Waals surface area contributed by atoms with Crippen molar-refractivity contribution in [2.75, 3.05) is 18.9 Å².